The molecule has 0 saturated heterocycles. The topological polar surface area (TPSA) is 119 Å². The second-order valence-corrected chi connectivity index (χ2v) is 6.27. The fourth-order valence-electron chi connectivity index (χ4n) is 3.05. The van der Waals surface area contributed by atoms with E-state index < -0.39 is 23.5 Å². The summed E-state index contributed by atoms with van der Waals surface area (Å²) >= 11 is 0. The molecule has 1 aliphatic heterocycles. The van der Waals surface area contributed by atoms with E-state index in [0.29, 0.717) is 17.7 Å². The Morgan fingerprint density at radius 3 is 2.82 bits per heavy atom. The van der Waals surface area contributed by atoms with Gasteiger partial charge in [0.2, 0.25) is 5.91 Å². The van der Waals surface area contributed by atoms with Gasteiger partial charge in [0.05, 0.1) is 21.9 Å². The van der Waals surface area contributed by atoms with Gasteiger partial charge in [-0.05, 0) is 25.1 Å². The summed E-state index contributed by atoms with van der Waals surface area (Å²) in [6.45, 7) is 1.35. The minimum atomic E-state index is -0.623. The molecule has 2 aromatic carbocycles. The van der Waals surface area contributed by atoms with Gasteiger partial charge in [0.1, 0.15) is 5.75 Å². The summed E-state index contributed by atoms with van der Waals surface area (Å²) in [6.07, 6.45) is 0.552. The molecule has 0 aromatic heterocycles. The van der Waals surface area contributed by atoms with Crippen LogP contribution in [0.15, 0.2) is 42.5 Å². The summed E-state index contributed by atoms with van der Waals surface area (Å²) in [5.74, 6) is -0.541. The number of carbonyl (C=O) groups excluding carboxylic acids is 3. The van der Waals surface area contributed by atoms with Gasteiger partial charge in [0, 0.05) is 24.6 Å². The lowest BCUT2D eigenvalue weighted by molar-refractivity contribution is -0.384. The predicted octanol–water partition coefficient (Wildman–Crippen LogP) is 2.55. The third-order valence-corrected chi connectivity index (χ3v) is 4.31. The minimum Gasteiger partial charge on any atom is -0.483 e. The number of hydrogen-bond donors (Lipinski definition) is 1. The van der Waals surface area contributed by atoms with Crippen LogP contribution in [0.3, 0.4) is 0 Å². The SMILES string of the molecule is C[C@H]1CC(=O)Nc2ccccc2N1C(=O)COc1ccc([N+](=O)[O-])cc1C=O. The van der Waals surface area contributed by atoms with Gasteiger partial charge in [-0.2, -0.15) is 0 Å². The molecule has 1 heterocycles. The summed E-state index contributed by atoms with van der Waals surface area (Å²) in [6, 6.07) is 10.1. The van der Waals surface area contributed by atoms with Crippen LogP contribution in [-0.2, 0) is 9.59 Å². The molecule has 2 aromatic rings. The van der Waals surface area contributed by atoms with Crippen molar-refractivity contribution in [2.24, 2.45) is 0 Å². The zero-order chi connectivity index (χ0) is 20.3. The zero-order valence-electron chi connectivity index (χ0n) is 15.0. The Balaban J connectivity index is 1.82. The van der Waals surface area contributed by atoms with Crippen molar-refractivity contribution in [2.75, 3.05) is 16.8 Å². The Morgan fingerprint density at radius 1 is 1.36 bits per heavy atom. The maximum absolute atomic E-state index is 12.8. The number of nitrogens with zero attached hydrogens (tertiary/aromatic N) is 2. The maximum Gasteiger partial charge on any atom is 0.270 e. The van der Waals surface area contributed by atoms with E-state index in [9.17, 15) is 24.5 Å². The van der Waals surface area contributed by atoms with Crippen molar-refractivity contribution in [2.45, 2.75) is 19.4 Å². The first-order chi connectivity index (χ1) is 13.4. The number of rotatable bonds is 5. The van der Waals surface area contributed by atoms with Gasteiger partial charge < -0.3 is 15.0 Å². The van der Waals surface area contributed by atoms with Gasteiger partial charge in [0.25, 0.3) is 11.6 Å². The first-order valence-corrected chi connectivity index (χ1v) is 8.48. The second-order valence-electron chi connectivity index (χ2n) is 6.27. The summed E-state index contributed by atoms with van der Waals surface area (Å²) in [5, 5.41) is 13.6. The highest BCUT2D eigenvalue weighted by Gasteiger charge is 2.29. The van der Waals surface area contributed by atoms with Crippen LogP contribution in [0.5, 0.6) is 5.75 Å². The molecule has 9 nitrogen and oxygen atoms in total. The molecule has 2 amide bonds. The van der Waals surface area contributed by atoms with Crippen molar-refractivity contribution >= 4 is 35.2 Å². The number of carbonyl (C=O) groups is 3. The Labute approximate surface area is 160 Å². The van der Waals surface area contributed by atoms with Crippen molar-refractivity contribution < 1.29 is 24.0 Å². The summed E-state index contributed by atoms with van der Waals surface area (Å²) in [7, 11) is 0. The number of para-hydroxylation sites is 2. The zero-order valence-corrected chi connectivity index (χ0v) is 15.0. The first kappa shape index (κ1) is 19.0. The fourth-order valence-corrected chi connectivity index (χ4v) is 3.05. The highest BCUT2D eigenvalue weighted by atomic mass is 16.6. The van der Waals surface area contributed by atoms with Crippen LogP contribution in [-0.4, -0.2) is 35.7 Å². The summed E-state index contributed by atoms with van der Waals surface area (Å²) in [5.41, 5.74) is 0.798. The number of ether oxygens (including phenoxy) is 1. The van der Waals surface area contributed by atoms with Crippen molar-refractivity contribution in [3.8, 4) is 5.75 Å². The van der Waals surface area contributed by atoms with E-state index in [0.717, 1.165) is 6.07 Å². The average Bonchev–Trinajstić information content (AvgIpc) is 2.80. The van der Waals surface area contributed by atoms with Crippen molar-refractivity contribution in [1.82, 2.24) is 0 Å². The lowest BCUT2D eigenvalue weighted by atomic mass is 10.1. The number of amides is 2. The normalized spacial score (nSPS) is 15.8. The molecular formula is C19H17N3O6. The smallest absolute Gasteiger partial charge is 0.270 e. The van der Waals surface area contributed by atoms with Crippen LogP contribution in [0.1, 0.15) is 23.7 Å². The van der Waals surface area contributed by atoms with Crippen molar-refractivity contribution in [3.63, 3.8) is 0 Å². The number of non-ortho nitro benzene ring substituents is 1. The molecule has 28 heavy (non-hydrogen) atoms. The van der Waals surface area contributed by atoms with Crippen LogP contribution < -0.4 is 15.0 Å². The van der Waals surface area contributed by atoms with Crippen LogP contribution in [0.4, 0.5) is 17.1 Å². The third-order valence-electron chi connectivity index (χ3n) is 4.31. The molecular weight excluding hydrogens is 366 g/mol. The Bertz CT molecular complexity index is 958. The number of benzene rings is 2. The van der Waals surface area contributed by atoms with Crippen LogP contribution in [0.2, 0.25) is 0 Å². The molecule has 1 atom stereocenters. The number of nitro benzene ring substituents is 1. The van der Waals surface area contributed by atoms with E-state index >= 15 is 0 Å². The fraction of sp³-hybridized carbons (Fsp3) is 0.211. The molecule has 3 rings (SSSR count). The van der Waals surface area contributed by atoms with Gasteiger partial charge in [-0.15, -0.1) is 0 Å². The molecule has 0 spiro atoms. The van der Waals surface area contributed by atoms with Crippen molar-refractivity contribution in [3.05, 3.63) is 58.1 Å². The molecule has 1 aliphatic rings. The van der Waals surface area contributed by atoms with Gasteiger partial charge in [-0.3, -0.25) is 24.5 Å². The van der Waals surface area contributed by atoms with Crippen LogP contribution >= 0.6 is 0 Å². The molecule has 9 heteroatoms. The molecule has 144 valence electrons. The van der Waals surface area contributed by atoms with E-state index in [4.69, 9.17) is 4.74 Å². The predicted molar refractivity (Wildman–Crippen MR) is 101 cm³/mol. The monoisotopic (exact) mass is 383 g/mol. The molecule has 0 radical (unpaired) electrons. The molecule has 0 aliphatic carbocycles. The number of nitrogens with one attached hydrogen (secondary N) is 1. The van der Waals surface area contributed by atoms with E-state index in [1.54, 1.807) is 31.2 Å². The number of hydrogen-bond acceptors (Lipinski definition) is 6. The average molecular weight is 383 g/mol. The maximum atomic E-state index is 12.8. The lowest BCUT2D eigenvalue weighted by Crippen LogP contribution is -2.41. The van der Waals surface area contributed by atoms with Gasteiger partial charge in [-0.1, -0.05) is 12.1 Å². The summed E-state index contributed by atoms with van der Waals surface area (Å²) < 4.78 is 5.46. The van der Waals surface area contributed by atoms with E-state index in [1.807, 2.05) is 0 Å². The van der Waals surface area contributed by atoms with Crippen LogP contribution in [0, 0.1) is 10.1 Å². The first-order valence-electron chi connectivity index (χ1n) is 8.48. The van der Waals surface area contributed by atoms with Crippen molar-refractivity contribution in [1.29, 1.82) is 0 Å². The van der Waals surface area contributed by atoms with E-state index in [1.165, 1.54) is 17.0 Å². The van der Waals surface area contributed by atoms with Gasteiger partial charge in [0.15, 0.2) is 12.9 Å². The standard InChI is InChI=1S/C19H17N3O6/c1-12-8-18(24)20-15-4-2-3-5-16(15)21(12)19(25)11-28-17-7-6-14(22(26)27)9-13(17)10-23/h2-7,9-10,12H,8,11H2,1H3,(H,20,24)/t12-/m0/s1. The molecule has 1 N–H and O–H groups in total. The van der Waals surface area contributed by atoms with E-state index in [2.05, 4.69) is 5.32 Å². The highest BCUT2D eigenvalue weighted by molar-refractivity contribution is 6.04. The molecule has 0 unspecified atom stereocenters. The molecule has 0 fully saturated rings. The minimum absolute atomic E-state index is 0.0249. The van der Waals surface area contributed by atoms with E-state index in [-0.39, 0.29) is 29.3 Å². The quantitative estimate of drug-likeness (QED) is 0.481. The third kappa shape index (κ3) is 3.83. The largest absolute Gasteiger partial charge is 0.483 e. The Hall–Kier alpha value is -3.75. The Kier molecular flexibility index (Phi) is 5.35. The number of fused-ring (bicyclic) bond motifs is 1. The van der Waals surface area contributed by atoms with Gasteiger partial charge >= 0.3 is 0 Å². The Morgan fingerprint density at radius 2 is 2.11 bits per heavy atom. The number of anilines is 2. The lowest BCUT2D eigenvalue weighted by Gasteiger charge is -2.27. The van der Waals surface area contributed by atoms with Gasteiger partial charge in [-0.25, -0.2) is 0 Å². The van der Waals surface area contributed by atoms with Crippen LogP contribution in [0.25, 0.3) is 0 Å². The highest BCUT2D eigenvalue weighted by Crippen LogP contribution is 2.31. The second kappa shape index (κ2) is 7.87. The molecule has 0 saturated carbocycles. The number of aldehydes is 1. The molecule has 0 bridgehead atoms. The number of nitro groups is 1. The summed E-state index contributed by atoms with van der Waals surface area (Å²) in [4.78, 5) is 47.7.